The molecule has 0 aliphatic rings. The first-order chi connectivity index (χ1) is 2.56. The van der Waals surface area contributed by atoms with Gasteiger partial charge in [-0.05, 0) is 0 Å². The van der Waals surface area contributed by atoms with Gasteiger partial charge >= 0.3 is 45.6 Å². The Morgan fingerprint density at radius 1 is 1.57 bits per heavy atom. The first-order valence-corrected chi connectivity index (χ1v) is 2.53. The van der Waals surface area contributed by atoms with E-state index in [4.69, 9.17) is 9.79 Å². The molecule has 0 saturated heterocycles. The zero-order valence-electron chi connectivity index (χ0n) is 2.74. The van der Waals surface area contributed by atoms with Gasteiger partial charge in [0.15, 0.2) is 0 Å². The first-order valence-electron chi connectivity index (χ1n) is 1.00. The molecule has 0 atom stereocenters. The Morgan fingerprint density at radius 2 is 1.71 bits per heavy atom. The predicted octanol–water partition coefficient (Wildman–Crippen LogP) is -1.95. The van der Waals surface area contributed by atoms with Crippen LogP contribution in [-0.4, -0.2) is 47.5 Å². The van der Waals surface area contributed by atoms with Crippen LogP contribution >= 0.6 is 7.82 Å². The van der Waals surface area contributed by atoms with Gasteiger partial charge in [0.25, 0.3) is 0 Å². The van der Waals surface area contributed by atoms with Crippen LogP contribution in [0.4, 0.5) is 0 Å². The molecule has 0 saturated carbocycles. The van der Waals surface area contributed by atoms with Crippen molar-refractivity contribution in [2.24, 2.45) is 5.90 Å². The molecule has 7 heavy (non-hydrogen) atoms. The summed E-state index contributed by atoms with van der Waals surface area (Å²) in [6, 6.07) is 0. The minimum atomic E-state index is -4.37. The maximum absolute atomic E-state index is 9.35. The third-order valence-corrected chi connectivity index (χ3v) is 0.412. The van der Waals surface area contributed by atoms with Gasteiger partial charge in [0.2, 0.25) is 0 Å². The molecule has 0 unspecified atom stereocenters. The summed E-state index contributed by atoms with van der Waals surface area (Å²) in [5.41, 5.74) is 0. The Hall–Kier alpha value is 1.33. The van der Waals surface area contributed by atoms with Crippen LogP contribution in [0.5, 0.6) is 0 Å². The number of rotatable bonds is 1. The zero-order chi connectivity index (χ0) is 5.21. The molecule has 0 amide bonds. The normalized spacial score (nSPS) is 10.1. The summed E-state index contributed by atoms with van der Waals surface area (Å²) in [4.78, 5) is 15.2. The molecular formula is H6CaNO4P. The van der Waals surface area contributed by atoms with Crippen LogP contribution in [0.25, 0.3) is 0 Å². The van der Waals surface area contributed by atoms with Gasteiger partial charge in [0.1, 0.15) is 0 Å². The summed E-state index contributed by atoms with van der Waals surface area (Å²) in [6.45, 7) is 0. The van der Waals surface area contributed by atoms with Gasteiger partial charge in [-0.2, -0.15) is 0 Å². The second-order valence-electron chi connectivity index (χ2n) is 0.596. The fraction of sp³-hybridized carbons (Fsp3) is 0. The molecule has 7 heteroatoms. The van der Waals surface area contributed by atoms with Gasteiger partial charge < -0.3 is 9.79 Å². The second kappa shape index (κ2) is 4.23. The molecule has 0 aliphatic carbocycles. The Bertz CT molecular complexity index is 75.8. The molecule has 0 radical (unpaired) electrons. The average molecular weight is 155 g/mol. The molecule has 0 rings (SSSR count). The van der Waals surface area contributed by atoms with E-state index < -0.39 is 7.82 Å². The summed E-state index contributed by atoms with van der Waals surface area (Å²) < 4.78 is 12.5. The van der Waals surface area contributed by atoms with Crippen molar-refractivity contribution in [2.75, 3.05) is 0 Å². The van der Waals surface area contributed by atoms with Crippen LogP contribution in [0.2, 0.25) is 0 Å². The van der Waals surface area contributed by atoms with E-state index in [9.17, 15) is 4.57 Å². The van der Waals surface area contributed by atoms with Crippen LogP contribution in [-0.2, 0) is 9.19 Å². The molecule has 4 N–H and O–H groups in total. The van der Waals surface area contributed by atoms with Crippen LogP contribution < -0.4 is 5.90 Å². The number of hydrogen-bond acceptors (Lipinski definition) is 3. The van der Waals surface area contributed by atoms with Gasteiger partial charge in [-0.1, -0.05) is 0 Å². The molecule has 5 nitrogen and oxygen atoms in total. The molecule has 0 spiro atoms. The molecular weight excluding hydrogens is 149 g/mol. The Labute approximate surface area is 70.0 Å². The molecule has 42 valence electrons. The van der Waals surface area contributed by atoms with Crippen LogP contribution in [0, 0.1) is 0 Å². The fourth-order valence-corrected chi connectivity index (χ4v) is 0. The summed E-state index contributed by atoms with van der Waals surface area (Å²) >= 11 is 0. The third kappa shape index (κ3) is 11.1. The molecule has 0 aromatic heterocycles. The van der Waals surface area contributed by atoms with Crippen molar-refractivity contribution in [1.82, 2.24) is 0 Å². The molecule has 0 heterocycles. The summed E-state index contributed by atoms with van der Waals surface area (Å²) in [6.07, 6.45) is 0. The van der Waals surface area contributed by atoms with Crippen molar-refractivity contribution in [1.29, 1.82) is 0 Å². The standard InChI is InChI=1S/Ca.H4NO4P.2H/c;1-5-6(2,3)4;;/h;1H2,(H2,2,3,4);;. The monoisotopic (exact) mass is 155 g/mol. The number of nitrogens with two attached hydrogens (primary N) is 1. The van der Waals surface area contributed by atoms with E-state index in [2.05, 4.69) is 10.5 Å². The minimum absolute atomic E-state index is 0. The van der Waals surface area contributed by atoms with Crippen molar-refractivity contribution >= 4 is 45.6 Å². The molecule has 0 aromatic rings. The molecule has 0 aromatic carbocycles. The van der Waals surface area contributed by atoms with E-state index in [0.717, 1.165) is 0 Å². The average Bonchev–Trinajstić information content (AvgIpc) is 1.35. The van der Waals surface area contributed by atoms with Crippen molar-refractivity contribution in [3.63, 3.8) is 0 Å². The van der Waals surface area contributed by atoms with Gasteiger partial charge in [-0.15, -0.1) is 0 Å². The van der Waals surface area contributed by atoms with Crippen molar-refractivity contribution in [3.8, 4) is 0 Å². The number of hydrogen-bond donors (Lipinski definition) is 3. The number of phosphoric acid groups is 1. The van der Waals surface area contributed by atoms with Gasteiger partial charge in [0.05, 0.1) is 0 Å². The van der Waals surface area contributed by atoms with E-state index in [1.165, 1.54) is 0 Å². The van der Waals surface area contributed by atoms with Crippen LogP contribution in [0.3, 0.4) is 0 Å². The Kier molecular flexibility index (Phi) is 6.75. The van der Waals surface area contributed by atoms with E-state index in [1.807, 2.05) is 0 Å². The summed E-state index contributed by atoms with van der Waals surface area (Å²) in [5, 5.41) is 0. The molecule has 0 bridgehead atoms. The SMILES string of the molecule is NOP(=O)(O)O.[CaH2]. The molecule has 0 fully saturated rings. The maximum atomic E-state index is 9.35. The Morgan fingerprint density at radius 3 is 1.71 bits per heavy atom. The molecule has 0 aliphatic heterocycles. The van der Waals surface area contributed by atoms with E-state index in [0.29, 0.717) is 0 Å². The van der Waals surface area contributed by atoms with E-state index >= 15 is 0 Å². The predicted molar refractivity (Wildman–Crippen MR) is 25.9 cm³/mol. The van der Waals surface area contributed by atoms with Crippen molar-refractivity contribution in [3.05, 3.63) is 0 Å². The van der Waals surface area contributed by atoms with Crippen LogP contribution in [0.15, 0.2) is 0 Å². The zero-order valence-corrected chi connectivity index (χ0v) is 3.63. The van der Waals surface area contributed by atoms with Crippen molar-refractivity contribution in [2.45, 2.75) is 0 Å². The summed E-state index contributed by atoms with van der Waals surface area (Å²) in [5.74, 6) is 4.04. The quantitative estimate of drug-likeness (QED) is 0.232. The van der Waals surface area contributed by atoms with Gasteiger partial charge in [-0.3, -0.25) is 0 Å². The second-order valence-corrected chi connectivity index (χ2v) is 1.79. The van der Waals surface area contributed by atoms with Gasteiger partial charge in [0, 0.05) is 0 Å². The topological polar surface area (TPSA) is 92.8 Å². The van der Waals surface area contributed by atoms with E-state index in [-0.39, 0.29) is 37.7 Å². The van der Waals surface area contributed by atoms with Gasteiger partial charge in [-0.25, -0.2) is 15.1 Å². The first kappa shape index (κ1) is 11.2. The van der Waals surface area contributed by atoms with Crippen LogP contribution in [0.1, 0.15) is 0 Å². The summed E-state index contributed by atoms with van der Waals surface area (Å²) in [7, 11) is -4.37. The third-order valence-electron chi connectivity index (χ3n) is 0.137. The Balaban J connectivity index is 0. The fourth-order valence-electron chi connectivity index (χ4n) is 0. The van der Waals surface area contributed by atoms with E-state index in [1.54, 1.807) is 0 Å². The van der Waals surface area contributed by atoms with Crippen molar-refractivity contribution < 1.29 is 19.0 Å².